The zero-order chi connectivity index (χ0) is 12.6. The molecule has 17 heavy (non-hydrogen) atoms. The van der Waals surface area contributed by atoms with Gasteiger partial charge in [-0.05, 0) is 12.1 Å². The molecule has 0 saturated heterocycles. The fraction of sp³-hybridized carbons (Fsp3) is 0. The highest BCUT2D eigenvalue weighted by molar-refractivity contribution is 7.92. The zero-order valence-electron chi connectivity index (χ0n) is 8.31. The van der Waals surface area contributed by atoms with Crippen molar-refractivity contribution in [2.75, 3.05) is 5.73 Å². The van der Waals surface area contributed by atoms with Gasteiger partial charge in [-0.1, -0.05) is 29.3 Å². The van der Waals surface area contributed by atoms with E-state index >= 15 is 0 Å². The number of aromatic nitrogens is 2. The van der Waals surface area contributed by atoms with Crippen molar-refractivity contribution in [1.29, 1.82) is 0 Å². The highest BCUT2D eigenvalue weighted by Gasteiger charge is 2.27. The van der Waals surface area contributed by atoms with Gasteiger partial charge >= 0.3 is 0 Å². The van der Waals surface area contributed by atoms with Crippen LogP contribution in [0.2, 0.25) is 10.0 Å². The number of H-pyrrole nitrogens is 1. The molecule has 0 unspecified atom stereocenters. The lowest BCUT2D eigenvalue weighted by Crippen LogP contribution is -2.05. The van der Waals surface area contributed by atoms with Gasteiger partial charge in [0.05, 0.1) is 16.2 Å². The lowest BCUT2D eigenvalue weighted by atomic mass is 10.4. The molecule has 0 atom stereocenters. The molecular weight excluding hydrogens is 285 g/mol. The number of nitrogens with zero attached hydrogens (tertiary/aromatic N) is 1. The smallest absolute Gasteiger partial charge is 0.214 e. The van der Waals surface area contributed by atoms with Crippen LogP contribution in [0.15, 0.2) is 34.2 Å². The maximum absolute atomic E-state index is 12.2. The van der Waals surface area contributed by atoms with Gasteiger partial charge in [0.2, 0.25) is 9.84 Å². The first kappa shape index (κ1) is 12.2. The molecule has 1 aromatic heterocycles. The zero-order valence-corrected chi connectivity index (χ0v) is 10.6. The minimum absolute atomic E-state index is 0.0399. The second-order valence-electron chi connectivity index (χ2n) is 3.20. The molecule has 1 aromatic carbocycles. The van der Waals surface area contributed by atoms with E-state index in [0.29, 0.717) is 0 Å². The summed E-state index contributed by atoms with van der Waals surface area (Å²) in [5.74, 6) is -0.0546. The van der Waals surface area contributed by atoms with Gasteiger partial charge in [0.1, 0.15) is 15.6 Å². The second-order valence-corrected chi connectivity index (χ2v) is 5.87. The van der Waals surface area contributed by atoms with Crippen LogP contribution in [0.3, 0.4) is 0 Å². The van der Waals surface area contributed by atoms with Crippen molar-refractivity contribution in [1.82, 2.24) is 10.2 Å². The summed E-state index contributed by atoms with van der Waals surface area (Å²) in [6, 6.07) is 4.44. The predicted octanol–water partition coefficient (Wildman–Crippen LogP) is 2.13. The van der Waals surface area contributed by atoms with E-state index in [0.717, 1.165) is 6.20 Å². The monoisotopic (exact) mass is 291 g/mol. The Hall–Kier alpha value is -1.24. The number of rotatable bonds is 2. The van der Waals surface area contributed by atoms with Crippen LogP contribution in [0.25, 0.3) is 0 Å². The Bertz CT molecular complexity index is 646. The number of sulfone groups is 1. The van der Waals surface area contributed by atoms with E-state index in [4.69, 9.17) is 28.9 Å². The van der Waals surface area contributed by atoms with E-state index < -0.39 is 9.84 Å². The Morgan fingerprint density at radius 3 is 2.29 bits per heavy atom. The summed E-state index contributed by atoms with van der Waals surface area (Å²) in [5, 5.41) is 5.98. The van der Waals surface area contributed by atoms with Crippen molar-refractivity contribution >= 4 is 38.9 Å². The molecule has 0 saturated carbocycles. The maximum Gasteiger partial charge on any atom is 0.214 e. The Morgan fingerprint density at radius 1 is 1.24 bits per heavy atom. The number of nitrogen functional groups attached to an aromatic ring is 1. The minimum atomic E-state index is -3.87. The molecule has 5 nitrogen and oxygen atoms in total. The average Bonchev–Trinajstić information content (AvgIpc) is 2.64. The van der Waals surface area contributed by atoms with Crippen molar-refractivity contribution in [3.05, 3.63) is 34.4 Å². The fourth-order valence-electron chi connectivity index (χ4n) is 1.35. The van der Waals surface area contributed by atoms with E-state index in [2.05, 4.69) is 10.2 Å². The number of hydrogen-bond acceptors (Lipinski definition) is 4. The summed E-state index contributed by atoms with van der Waals surface area (Å²) in [6.07, 6.45) is 1.12. The standard InChI is InChI=1S/C9H7Cl2N3O2S/c10-5-2-1-3-6(11)8(5)17(15,16)7-4-13-14-9(7)12/h1-4H,(H3,12,13,14). The van der Waals surface area contributed by atoms with Crippen LogP contribution in [-0.4, -0.2) is 18.6 Å². The third-order valence-corrected chi connectivity index (χ3v) is 4.85. The summed E-state index contributed by atoms with van der Waals surface area (Å²) in [4.78, 5) is -0.316. The van der Waals surface area contributed by atoms with E-state index in [1.54, 1.807) is 6.07 Å². The SMILES string of the molecule is Nc1[nH]ncc1S(=O)(=O)c1c(Cl)cccc1Cl. The van der Waals surface area contributed by atoms with Crippen LogP contribution < -0.4 is 5.73 Å². The van der Waals surface area contributed by atoms with Gasteiger partial charge in [-0.2, -0.15) is 5.10 Å². The second kappa shape index (κ2) is 4.21. The molecule has 0 aliphatic rings. The van der Waals surface area contributed by atoms with Crippen molar-refractivity contribution in [2.24, 2.45) is 0 Å². The van der Waals surface area contributed by atoms with Gasteiger partial charge in [-0.3, -0.25) is 5.10 Å². The van der Waals surface area contributed by atoms with E-state index in [-0.39, 0.29) is 25.7 Å². The topological polar surface area (TPSA) is 88.8 Å². The van der Waals surface area contributed by atoms with Crippen molar-refractivity contribution < 1.29 is 8.42 Å². The van der Waals surface area contributed by atoms with Gasteiger partial charge in [0.25, 0.3) is 0 Å². The maximum atomic E-state index is 12.2. The number of anilines is 1. The number of hydrogen-bond donors (Lipinski definition) is 2. The van der Waals surface area contributed by atoms with Crippen LogP contribution in [0, 0.1) is 0 Å². The van der Waals surface area contributed by atoms with E-state index in [1.165, 1.54) is 12.1 Å². The third-order valence-electron chi connectivity index (χ3n) is 2.11. The molecule has 0 aliphatic carbocycles. The first-order valence-corrected chi connectivity index (χ1v) is 6.66. The van der Waals surface area contributed by atoms with Gasteiger partial charge in [-0.25, -0.2) is 8.42 Å². The van der Waals surface area contributed by atoms with Crippen molar-refractivity contribution in [2.45, 2.75) is 9.79 Å². The first-order valence-electron chi connectivity index (χ1n) is 4.42. The molecule has 3 N–H and O–H groups in total. The molecule has 0 bridgehead atoms. The summed E-state index contributed by atoms with van der Waals surface area (Å²) >= 11 is 11.7. The number of nitrogens with two attached hydrogens (primary N) is 1. The molecular formula is C9H7Cl2N3O2S. The van der Waals surface area contributed by atoms with Gasteiger partial charge in [0, 0.05) is 0 Å². The van der Waals surface area contributed by atoms with Crippen LogP contribution in [0.5, 0.6) is 0 Å². The number of benzene rings is 1. The highest BCUT2D eigenvalue weighted by atomic mass is 35.5. The van der Waals surface area contributed by atoms with E-state index in [9.17, 15) is 8.42 Å². The van der Waals surface area contributed by atoms with Gasteiger partial charge in [-0.15, -0.1) is 0 Å². The van der Waals surface area contributed by atoms with Crippen LogP contribution in [0.1, 0.15) is 0 Å². The normalized spacial score (nSPS) is 11.6. The quantitative estimate of drug-likeness (QED) is 0.887. The Labute approximate surface area is 107 Å². The minimum Gasteiger partial charge on any atom is -0.383 e. The van der Waals surface area contributed by atoms with Crippen molar-refractivity contribution in [3.8, 4) is 0 Å². The lowest BCUT2D eigenvalue weighted by Gasteiger charge is -2.07. The lowest BCUT2D eigenvalue weighted by molar-refractivity contribution is 0.596. The van der Waals surface area contributed by atoms with Gasteiger partial charge < -0.3 is 5.73 Å². The van der Waals surface area contributed by atoms with Crippen LogP contribution >= 0.6 is 23.2 Å². The Kier molecular flexibility index (Phi) is 3.03. The van der Waals surface area contributed by atoms with Crippen molar-refractivity contribution in [3.63, 3.8) is 0 Å². The van der Waals surface area contributed by atoms with Crippen LogP contribution in [-0.2, 0) is 9.84 Å². The predicted molar refractivity (Wildman–Crippen MR) is 64.9 cm³/mol. The third kappa shape index (κ3) is 1.99. The summed E-state index contributed by atoms with van der Waals surface area (Å²) in [6.45, 7) is 0. The first-order chi connectivity index (χ1) is 7.94. The molecule has 0 aliphatic heterocycles. The molecule has 1 heterocycles. The summed E-state index contributed by atoms with van der Waals surface area (Å²) < 4.78 is 24.5. The molecule has 2 rings (SSSR count). The number of aromatic amines is 1. The molecule has 0 amide bonds. The molecule has 0 radical (unpaired) electrons. The Morgan fingerprint density at radius 2 is 1.82 bits per heavy atom. The number of halogens is 2. The van der Waals surface area contributed by atoms with E-state index in [1.807, 2.05) is 0 Å². The molecule has 0 fully saturated rings. The summed E-state index contributed by atoms with van der Waals surface area (Å²) in [5.41, 5.74) is 5.48. The highest BCUT2D eigenvalue weighted by Crippen LogP contribution is 2.34. The molecule has 8 heteroatoms. The summed E-state index contributed by atoms with van der Waals surface area (Å²) in [7, 11) is -3.87. The van der Waals surface area contributed by atoms with Crippen LogP contribution in [0.4, 0.5) is 5.82 Å². The Balaban J connectivity index is 2.73. The average molecular weight is 292 g/mol. The number of nitrogens with one attached hydrogen (secondary N) is 1. The largest absolute Gasteiger partial charge is 0.383 e. The molecule has 90 valence electrons. The van der Waals surface area contributed by atoms with Gasteiger partial charge in [0.15, 0.2) is 0 Å². The fourth-order valence-corrected chi connectivity index (χ4v) is 3.75. The molecule has 0 spiro atoms. The molecule has 2 aromatic rings.